The fourth-order valence-electron chi connectivity index (χ4n) is 8.19. The Morgan fingerprint density at radius 1 is 1.09 bits per heavy atom. The van der Waals surface area contributed by atoms with Crippen molar-refractivity contribution >= 4 is 34.8 Å². The number of primary amides is 1. The first-order valence-electron chi connectivity index (χ1n) is 15.0. The number of hydrogen-bond acceptors (Lipinski definition) is 11. The molecule has 1 aromatic carbocycles. The van der Waals surface area contributed by atoms with Gasteiger partial charge in [0.1, 0.15) is 29.4 Å². The van der Waals surface area contributed by atoms with Crippen molar-refractivity contribution in [3.8, 4) is 5.75 Å². The number of phenolic OH excluding ortho intramolecular Hbond substituents is 1. The number of phenols is 1. The van der Waals surface area contributed by atoms with Crippen molar-refractivity contribution < 1.29 is 44.4 Å². The molecule has 13 heteroatoms. The molecule has 0 saturated heterocycles. The summed E-state index contributed by atoms with van der Waals surface area (Å²) in [5.74, 6) is -6.60. The zero-order valence-corrected chi connectivity index (χ0v) is 24.6. The normalized spacial score (nSPS) is 32.8. The van der Waals surface area contributed by atoms with Crippen LogP contribution in [0.5, 0.6) is 5.75 Å². The summed E-state index contributed by atoms with van der Waals surface area (Å²) in [5, 5.41) is 47.8. The number of nitrogens with zero attached hydrogens (tertiary/aromatic N) is 1. The van der Waals surface area contributed by atoms with Crippen molar-refractivity contribution in [1.82, 2.24) is 10.4 Å². The largest absolute Gasteiger partial charge is 0.508 e. The lowest BCUT2D eigenvalue weighted by Crippen LogP contribution is -2.65. The summed E-state index contributed by atoms with van der Waals surface area (Å²) in [6, 6.07) is 1.96. The van der Waals surface area contributed by atoms with Crippen molar-refractivity contribution in [1.29, 1.82) is 0 Å². The third kappa shape index (κ3) is 4.61. The van der Waals surface area contributed by atoms with Gasteiger partial charge in [0, 0.05) is 11.5 Å². The van der Waals surface area contributed by atoms with Gasteiger partial charge in [0.05, 0.1) is 23.4 Å². The number of hydrogen-bond donors (Lipinski definition) is 7. The molecule has 0 aliphatic heterocycles. The van der Waals surface area contributed by atoms with E-state index in [0.717, 1.165) is 19.3 Å². The highest BCUT2D eigenvalue weighted by Crippen LogP contribution is 2.53. The number of carbonyl (C=O) groups excluding carboxylic acids is 4. The summed E-state index contributed by atoms with van der Waals surface area (Å²) >= 11 is 0. The molecule has 2 amide bonds. The average Bonchev–Trinajstić information content (AvgIpc) is 2.97. The summed E-state index contributed by atoms with van der Waals surface area (Å²) in [4.78, 5) is 59.2. The average molecular weight is 611 g/mol. The summed E-state index contributed by atoms with van der Waals surface area (Å²) in [5.41, 5.74) is 4.65. The molecule has 2 bridgehead atoms. The van der Waals surface area contributed by atoms with Crippen molar-refractivity contribution in [2.24, 2.45) is 29.4 Å². The third-order valence-corrected chi connectivity index (χ3v) is 10.3. The van der Waals surface area contributed by atoms with Crippen LogP contribution >= 0.6 is 0 Å². The minimum Gasteiger partial charge on any atom is -0.508 e. The maximum atomic E-state index is 13.9. The molecular weight excluding hydrogens is 572 g/mol. The molecule has 4 unspecified atom stereocenters. The van der Waals surface area contributed by atoms with E-state index in [4.69, 9.17) is 10.6 Å². The van der Waals surface area contributed by atoms with E-state index >= 15 is 0 Å². The van der Waals surface area contributed by atoms with Gasteiger partial charge in [0.25, 0.3) is 5.91 Å². The highest BCUT2D eigenvalue weighted by Gasteiger charge is 2.64. The van der Waals surface area contributed by atoms with Crippen molar-refractivity contribution in [3.05, 3.63) is 40.2 Å². The van der Waals surface area contributed by atoms with E-state index in [2.05, 4.69) is 10.8 Å². The number of aliphatic hydroxyl groups excluding tert-OH is 2. The highest BCUT2D eigenvalue weighted by atomic mass is 16.7. The Hall–Kier alpha value is -3.78. The van der Waals surface area contributed by atoms with Crippen LogP contribution in [0.2, 0.25) is 0 Å². The summed E-state index contributed by atoms with van der Waals surface area (Å²) in [6.07, 6.45) is 5.90. The van der Waals surface area contributed by atoms with Gasteiger partial charge in [-0.3, -0.25) is 28.9 Å². The van der Waals surface area contributed by atoms with Gasteiger partial charge in [-0.25, -0.2) is 0 Å². The second kappa shape index (κ2) is 11.0. The van der Waals surface area contributed by atoms with Gasteiger partial charge in [0.2, 0.25) is 11.7 Å². The summed E-state index contributed by atoms with van der Waals surface area (Å²) in [7, 11) is 3.09. The molecule has 1 aromatic rings. The molecule has 13 nitrogen and oxygen atoms in total. The number of anilines is 1. The molecule has 236 valence electrons. The Morgan fingerprint density at radius 2 is 1.80 bits per heavy atom. The Kier molecular flexibility index (Phi) is 7.55. The first kappa shape index (κ1) is 30.3. The number of likely N-dealkylation sites (N-methyl/N-ethyl adjacent to an activating group) is 1. The van der Waals surface area contributed by atoms with Crippen LogP contribution < -0.4 is 16.5 Å². The van der Waals surface area contributed by atoms with Crippen molar-refractivity contribution in [2.45, 2.75) is 62.7 Å². The molecule has 4 saturated carbocycles. The SMILES string of the molecule is CN(C)[C@@H]1C(=O)C(C(N)=O)=C(O)C2(O)C(=O)C3=C(O)c4c(ccc(NC(=O)CNOC5CC6CCC5CC6)c4O)CC3CC12. The van der Waals surface area contributed by atoms with Crippen LogP contribution in [0.1, 0.15) is 49.7 Å². The van der Waals surface area contributed by atoms with Gasteiger partial charge in [-0.05, 0) is 88.4 Å². The fourth-order valence-corrected chi connectivity index (χ4v) is 8.19. The van der Waals surface area contributed by atoms with Crippen molar-refractivity contribution in [3.63, 3.8) is 0 Å². The standard InChI is InChI=1S/C31H38N4O9/c1-35(2)24-17-11-16-10-15-7-8-18(34-20(36)12-33-44-19-9-13-3-5-14(19)6-4-13)25(37)21(15)26(38)22(16)28(40)31(17,43)29(41)23(27(24)39)30(32)42/h7-8,13-14,16-17,19,24,33,37-38,41,43H,3-6,9-12H2,1-2H3,(H2,32,42)(H,34,36)/t13?,14?,16?,17?,19?,24-,31?/m0/s1. The first-order chi connectivity index (χ1) is 20.8. The molecular formula is C31H38N4O9. The predicted octanol–water partition coefficient (Wildman–Crippen LogP) is 1.00. The van der Waals surface area contributed by atoms with Gasteiger partial charge >= 0.3 is 0 Å². The Morgan fingerprint density at radius 3 is 2.41 bits per heavy atom. The van der Waals surface area contributed by atoms with E-state index in [1.165, 1.54) is 23.8 Å². The molecule has 0 radical (unpaired) electrons. The lowest BCUT2D eigenvalue weighted by molar-refractivity contribution is -0.153. The van der Waals surface area contributed by atoms with Crippen molar-refractivity contribution in [2.75, 3.05) is 26.0 Å². The lowest BCUT2D eigenvalue weighted by Gasteiger charge is -2.50. The van der Waals surface area contributed by atoms with E-state index in [1.54, 1.807) is 20.2 Å². The molecule has 0 heterocycles. The molecule has 0 spiro atoms. The van der Waals surface area contributed by atoms with Crippen LogP contribution in [0.25, 0.3) is 5.76 Å². The molecule has 0 aromatic heterocycles. The number of aromatic hydroxyl groups is 1. The lowest BCUT2D eigenvalue weighted by atomic mass is 9.57. The molecule has 8 N–H and O–H groups in total. The number of nitrogens with one attached hydrogen (secondary N) is 2. The number of rotatable bonds is 7. The van der Waals surface area contributed by atoms with E-state index in [9.17, 15) is 39.6 Å². The number of Topliss-reactive ketones (excluding diaryl/α,β-unsaturated/α-hetero) is 2. The predicted molar refractivity (Wildman–Crippen MR) is 156 cm³/mol. The Bertz CT molecular complexity index is 1510. The number of amides is 2. The number of nitrogens with two attached hydrogens (primary N) is 1. The zero-order chi connectivity index (χ0) is 31.7. The molecule has 4 fully saturated rings. The first-order valence-corrected chi connectivity index (χ1v) is 15.0. The number of fused-ring (bicyclic) bond motifs is 6. The van der Waals surface area contributed by atoms with Crippen LogP contribution in [0.15, 0.2) is 29.0 Å². The van der Waals surface area contributed by atoms with Crippen LogP contribution in [-0.2, 0) is 30.4 Å². The quantitative estimate of drug-likeness (QED) is 0.131. The van der Waals surface area contributed by atoms with E-state index < -0.39 is 69.7 Å². The van der Waals surface area contributed by atoms with E-state index in [0.29, 0.717) is 17.4 Å². The monoisotopic (exact) mass is 610 g/mol. The van der Waals surface area contributed by atoms with Crippen LogP contribution in [0, 0.1) is 23.7 Å². The minimum absolute atomic E-state index is 0.000716. The third-order valence-electron chi connectivity index (χ3n) is 10.3. The summed E-state index contributed by atoms with van der Waals surface area (Å²) < 4.78 is 0. The second-order valence-corrected chi connectivity index (χ2v) is 13.0. The van der Waals surface area contributed by atoms with E-state index in [-0.39, 0.29) is 42.3 Å². The van der Waals surface area contributed by atoms with Gasteiger partial charge < -0.3 is 31.5 Å². The zero-order valence-electron chi connectivity index (χ0n) is 24.6. The second-order valence-electron chi connectivity index (χ2n) is 13.0. The smallest absolute Gasteiger partial charge is 0.255 e. The van der Waals surface area contributed by atoms with Gasteiger partial charge in [-0.15, -0.1) is 0 Å². The Balaban J connectivity index is 1.26. The number of aliphatic hydroxyl groups is 3. The molecule has 6 aliphatic rings. The van der Waals surface area contributed by atoms with Crippen LogP contribution in [0.4, 0.5) is 5.69 Å². The fraction of sp³-hybridized carbons (Fsp3) is 0.548. The number of hydroxylamine groups is 1. The van der Waals surface area contributed by atoms with Gasteiger partial charge in [-0.1, -0.05) is 6.07 Å². The number of ketones is 2. The maximum absolute atomic E-state index is 13.9. The molecule has 7 rings (SSSR count). The van der Waals surface area contributed by atoms with E-state index in [1.807, 2.05) is 0 Å². The molecule has 44 heavy (non-hydrogen) atoms. The Labute approximate surface area is 253 Å². The topological polar surface area (TPSA) is 212 Å². The van der Waals surface area contributed by atoms with Crippen LogP contribution in [-0.4, -0.2) is 87.1 Å². The molecule has 5 atom stereocenters. The number of benzene rings is 1. The molecule has 6 aliphatic carbocycles. The van der Waals surface area contributed by atoms with Gasteiger partial charge in [-0.2, -0.15) is 5.48 Å². The highest BCUT2D eigenvalue weighted by molar-refractivity contribution is 6.24. The summed E-state index contributed by atoms with van der Waals surface area (Å²) in [6.45, 7) is -0.175. The maximum Gasteiger partial charge on any atom is 0.255 e. The number of carbonyl (C=O) groups is 4. The van der Waals surface area contributed by atoms with Crippen LogP contribution in [0.3, 0.4) is 0 Å². The van der Waals surface area contributed by atoms with Gasteiger partial charge in [0.15, 0.2) is 11.4 Å². The minimum atomic E-state index is -2.71.